The summed E-state index contributed by atoms with van der Waals surface area (Å²) in [5.41, 5.74) is 0. The van der Waals surface area contributed by atoms with Gasteiger partial charge in [-0.3, -0.25) is 4.39 Å². The van der Waals surface area contributed by atoms with Crippen molar-refractivity contribution in [1.29, 1.82) is 0 Å². The molecule has 0 unspecified atom stereocenters. The van der Waals surface area contributed by atoms with Gasteiger partial charge >= 0.3 is 5.95 Å². The number of hydrogen-bond acceptors (Lipinski definition) is 3. The summed E-state index contributed by atoms with van der Waals surface area (Å²) in [6.45, 7) is -0.178. The molecule has 0 bridgehead atoms. The van der Waals surface area contributed by atoms with Crippen LogP contribution in [0.25, 0.3) is 0 Å². The Kier molecular flexibility index (Phi) is 2.73. The summed E-state index contributed by atoms with van der Waals surface area (Å²) >= 11 is 0. The Morgan fingerprint density at radius 3 is 3.08 bits per heavy atom. The summed E-state index contributed by atoms with van der Waals surface area (Å²) in [7, 11) is 0. The van der Waals surface area contributed by atoms with E-state index in [0.29, 0.717) is 6.54 Å². The van der Waals surface area contributed by atoms with Gasteiger partial charge in [-0.2, -0.15) is 0 Å². The standard InChI is InChI=1S/C6H8FN3O2/c7-2-1-4-9-5-3-8-6(9)10(11)12/h3,5H,1-2,4H2/i7-1. The van der Waals surface area contributed by atoms with E-state index in [2.05, 4.69) is 4.98 Å². The lowest BCUT2D eigenvalue weighted by molar-refractivity contribution is -0.396. The van der Waals surface area contributed by atoms with E-state index in [4.69, 9.17) is 0 Å². The molecule has 0 saturated heterocycles. The minimum Gasteiger partial charge on any atom is -0.390 e. The third-order valence-corrected chi connectivity index (χ3v) is 1.39. The molecule has 6 heteroatoms. The molecule has 1 heterocycles. The fourth-order valence-electron chi connectivity index (χ4n) is 0.878. The molecule has 0 aliphatic heterocycles. The van der Waals surface area contributed by atoms with Crippen LogP contribution < -0.4 is 0 Å². The Balaban J connectivity index is 2.70. The van der Waals surface area contributed by atoms with Crippen LogP contribution in [0.2, 0.25) is 0 Å². The highest BCUT2D eigenvalue weighted by atomic mass is 18.2. The van der Waals surface area contributed by atoms with E-state index in [-0.39, 0.29) is 12.4 Å². The van der Waals surface area contributed by atoms with Gasteiger partial charge < -0.3 is 10.1 Å². The number of aryl methyl sites for hydroxylation is 1. The number of alkyl halides is 1. The molecular formula is C6H8FN3O2. The van der Waals surface area contributed by atoms with E-state index in [0.717, 1.165) is 0 Å². The van der Waals surface area contributed by atoms with Crippen LogP contribution in [0.3, 0.4) is 0 Å². The second kappa shape index (κ2) is 3.80. The molecule has 5 nitrogen and oxygen atoms in total. The predicted octanol–water partition coefficient (Wildman–Crippen LogP) is 1.15. The molecule has 12 heavy (non-hydrogen) atoms. The lowest BCUT2D eigenvalue weighted by Crippen LogP contribution is -2.03. The highest BCUT2D eigenvalue weighted by Gasteiger charge is 2.12. The van der Waals surface area contributed by atoms with Crippen molar-refractivity contribution < 1.29 is 9.31 Å². The fourth-order valence-corrected chi connectivity index (χ4v) is 0.878. The number of halogens is 1. The molecule has 0 N–H and O–H groups in total. The van der Waals surface area contributed by atoms with Gasteiger partial charge in [0.1, 0.15) is 12.4 Å². The van der Waals surface area contributed by atoms with Gasteiger partial charge in [-0.05, 0) is 4.92 Å². The van der Waals surface area contributed by atoms with Crippen LogP contribution in [0, 0.1) is 10.1 Å². The summed E-state index contributed by atoms with van der Waals surface area (Å²) in [6, 6.07) is 0. The van der Waals surface area contributed by atoms with Crippen molar-refractivity contribution in [3.8, 4) is 0 Å². The van der Waals surface area contributed by atoms with Gasteiger partial charge in [0.05, 0.1) is 13.2 Å². The fraction of sp³-hybridized carbons (Fsp3) is 0.500. The number of imidazole rings is 1. The minimum absolute atomic E-state index is 0.233. The van der Waals surface area contributed by atoms with Crippen LogP contribution in [-0.2, 0) is 6.54 Å². The second-order valence-electron chi connectivity index (χ2n) is 2.22. The van der Waals surface area contributed by atoms with Gasteiger partial charge in [0.25, 0.3) is 0 Å². The largest absolute Gasteiger partial charge is 0.434 e. The van der Waals surface area contributed by atoms with Crippen LogP contribution in [0.4, 0.5) is 10.3 Å². The van der Waals surface area contributed by atoms with Gasteiger partial charge in [0, 0.05) is 6.42 Å². The number of nitro groups is 1. The molecule has 0 aliphatic rings. The van der Waals surface area contributed by atoms with Gasteiger partial charge in [0.2, 0.25) is 0 Å². The summed E-state index contributed by atoms with van der Waals surface area (Å²) in [5.74, 6) is -0.233. The van der Waals surface area contributed by atoms with Gasteiger partial charge in [-0.1, -0.05) is 4.98 Å². The minimum atomic E-state index is -0.585. The molecule has 0 amide bonds. The number of aromatic nitrogens is 2. The van der Waals surface area contributed by atoms with Crippen molar-refractivity contribution >= 4 is 5.95 Å². The number of hydrogen-bond donors (Lipinski definition) is 0. The van der Waals surface area contributed by atoms with Crippen LogP contribution in [0.1, 0.15) is 6.42 Å². The molecule has 0 aromatic carbocycles. The first-order valence-corrected chi connectivity index (χ1v) is 3.47. The molecular weight excluding hydrogens is 164 g/mol. The van der Waals surface area contributed by atoms with Crippen molar-refractivity contribution in [2.24, 2.45) is 0 Å². The molecule has 1 aromatic rings. The Morgan fingerprint density at radius 2 is 2.50 bits per heavy atom. The third-order valence-electron chi connectivity index (χ3n) is 1.39. The van der Waals surface area contributed by atoms with Crippen molar-refractivity contribution in [3.05, 3.63) is 22.5 Å². The zero-order valence-corrected chi connectivity index (χ0v) is 6.31. The molecule has 66 valence electrons. The van der Waals surface area contributed by atoms with Crippen molar-refractivity contribution in [3.63, 3.8) is 0 Å². The first-order valence-electron chi connectivity index (χ1n) is 3.47. The summed E-state index contributed by atoms with van der Waals surface area (Å²) in [4.78, 5) is 13.2. The summed E-state index contributed by atoms with van der Waals surface area (Å²) < 4.78 is 13.0. The maximum absolute atomic E-state index is 11.7. The highest BCUT2D eigenvalue weighted by Crippen LogP contribution is 2.07. The number of nitrogens with zero attached hydrogens (tertiary/aromatic N) is 3. The quantitative estimate of drug-likeness (QED) is 0.505. The summed E-state index contributed by atoms with van der Waals surface area (Å²) in [5, 5.41) is 10.3. The van der Waals surface area contributed by atoms with Crippen LogP contribution in [0.15, 0.2) is 12.4 Å². The average molecular weight is 172 g/mol. The molecule has 0 atom stereocenters. The van der Waals surface area contributed by atoms with Crippen LogP contribution >= 0.6 is 0 Å². The molecule has 1 rings (SSSR count). The molecule has 1 aromatic heterocycles. The Morgan fingerprint density at radius 1 is 1.75 bits per heavy atom. The Bertz CT molecular complexity index is 274. The van der Waals surface area contributed by atoms with E-state index in [9.17, 15) is 14.5 Å². The number of rotatable bonds is 4. The van der Waals surface area contributed by atoms with E-state index in [1.165, 1.54) is 17.0 Å². The van der Waals surface area contributed by atoms with Crippen molar-refractivity contribution in [2.75, 3.05) is 6.67 Å². The SMILES string of the molecule is O=[N+]([O-])c1nccn1CCC[18F]. The maximum atomic E-state index is 11.7. The van der Waals surface area contributed by atoms with E-state index in [1.807, 2.05) is 0 Å². The first kappa shape index (κ1) is 8.63. The molecule has 0 radical (unpaired) electrons. The lowest BCUT2D eigenvalue weighted by atomic mass is 10.4. The zero-order valence-electron chi connectivity index (χ0n) is 6.31. The van der Waals surface area contributed by atoms with Gasteiger partial charge in [-0.15, -0.1) is 0 Å². The maximum Gasteiger partial charge on any atom is 0.434 e. The normalized spacial score (nSPS) is 10.1. The smallest absolute Gasteiger partial charge is 0.390 e. The van der Waals surface area contributed by atoms with Gasteiger partial charge in [-0.25, -0.2) is 4.57 Å². The van der Waals surface area contributed by atoms with E-state index < -0.39 is 11.6 Å². The zero-order chi connectivity index (χ0) is 8.97. The van der Waals surface area contributed by atoms with Gasteiger partial charge in [0.15, 0.2) is 0 Å². The molecule has 0 fully saturated rings. The lowest BCUT2D eigenvalue weighted by Gasteiger charge is -1.97. The highest BCUT2D eigenvalue weighted by molar-refractivity contribution is 5.06. The summed E-state index contributed by atoms with van der Waals surface area (Å²) in [6.07, 6.45) is 3.07. The topological polar surface area (TPSA) is 61.0 Å². The monoisotopic (exact) mass is 172 g/mol. The van der Waals surface area contributed by atoms with E-state index in [1.54, 1.807) is 0 Å². The first-order chi connectivity index (χ1) is 5.75. The average Bonchev–Trinajstić information content (AvgIpc) is 2.48. The molecule has 0 aliphatic carbocycles. The predicted molar refractivity (Wildman–Crippen MR) is 39.5 cm³/mol. The Hall–Kier alpha value is -1.46. The molecule has 0 saturated carbocycles. The van der Waals surface area contributed by atoms with Crippen LogP contribution in [0.5, 0.6) is 0 Å². The van der Waals surface area contributed by atoms with E-state index >= 15 is 0 Å². The van der Waals surface area contributed by atoms with Crippen molar-refractivity contribution in [1.82, 2.24) is 9.55 Å². The van der Waals surface area contributed by atoms with Crippen LogP contribution in [-0.4, -0.2) is 21.1 Å². The second-order valence-corrected chi connectivity index (χ2v) is 2.22. The van der Waals surface area contributed by atoms with Crippen molar-refractivity contribution in [2.45, 2.75) is 13.0 Å². The Labute approximate surface area is 68.0 Å². The third kappa shape index (κ3) is 1.77. The molecule has 0 spiro atoms.